The molecule has 5 nitrogen and oxygen atoms in total. The van der Waals surface area contributed by atoms with Crippen LogP contribution in [0.4, 0.5) is 5.69 Å². The van der Waals surface area contributed by atoms with Crippen molar-refractivity contribution in [3.05, 3.63) is 23.8 Å². The molecule has 1 amide bonds. The van der Waals surface area contributed by atoms with Crippen molar-refractivity contribution in [1.29, 1.82) is 0 Å². The van der Waals surface area contributed by atoms with Crippen LogP contribution in [0.1, 0.15) is 44.1 Å². The molecule has 1 saturated carbocycles. The predicted molar refractivity (Wildman–Crippen MR) is 89.8 cm³/mol. The first-order valence-corrected chi connectivity index (χ1v) is 8.68. The van der Waals surface area contributed by atoms with Gasteiger partial charge < -0.3 is 20.5 Å². The van der Waals surface area contributed by atoms with Crippen molar-refractivity contribution in [2.45, 2.75) is 57.1 Å². The van der Waals surface area contributed by atoms with E-state index in [1.165, 1.54) is 25.7 Å². The van der Waals surface area contributed by atoms with Crippen LogP contribution < -0.4 is 15.4 Å². The van der Waals surface area contributed by atoms with Crippen molar-refractivity contribution in [3.8, 4) is 5.75 Å². The summed E-state index contributed by atoms with van der Waals surface area (Å²) in [4.78, 5) is 11.6. The Hall–Kier alpha value is -1.59. The summed E-state index contributed by atoms with van der Waals surface area (Å²) in [7, 11) is 0. The molecule has 0 radical (unpaired) electrons. The van der Waals surface area contributed by atoms with Gasteiger partial charge in [0.2, 0.25) is 5.91 Å². The Bertz CT molecular complexity index is 541. The molecule has 1 heterocycles. The van der Waals surface area contributed by atoms with Gasteiger partial charge in [-0.15, -0.1) is 0 Å². The molecule has 126 valence electrons. The van der Waals surface area contributed by atoms with E-state index in [9.17, 15) is 9.90 Å². The fourth-order valence-electron chi connectivity index (χ4n) is 3.39. The highest BCUT2D eigenvalue weighted by Crippen LogP contribution is 2.30. The third-order valence-corrected chi connectivity index (χ3v) is 4.67. The second-order valence-corrected chi connectivity index (χ2v) is 6.54. The lowest BCUT2D eigenvalue weighted by atomic mass is 10.1. The smallest absolute Gasteiger partial charge is 0.224 e. The number of ether oxygens (including phenoxy) is 1. The highest BCUT2D eigenvalue weighted by Gasteiger charge is 2.18. The monoisotopic (exact) mass is 318 g/mol. The Morgan fingerprint density at radius 2 is 2.09 bits per heavy atom. The Kier molecular flexibility index (Phi) is 5.51. The van der Waals surface area contributed by atoms with Gasteiger partial charge in [-0.3, -0.25) is 4.79 Å². The zero-order valence-electron chi connectivity index (χ0n) is 13.5. The number of anilines is 1. The van der Waals surface area contributed by atoms with Gasteiger partial charge in [-0.2, -0.15) is 0 Å². The van der Waals surface area contributed by atoms with Crippen LogP contribution in [0.2, 0.25) is 0 Å². The standard InChI is InChI=1S/C18H26N2O3/c21-14(11-19-13-5-1-2-6-13)12-23-17-9-4-8-16-15(17)7-3-10-18(22)20-16/h4,8-9,13-14,19,21H,1-3,5-7,10-12H2,(H,20,22). The molecule has 0 spiro atoms. The summed E-state index contributed by atoms with van der Waals surface area (Å²) in [6, 6.07) is 6.24. The van der Waals surface area contributed by atoms with Crippen LogP contribution in [-0.2, 0) is 11.2 Å². The average molecular weight is 318 g/mol. The normalized spacial score (nSPS) is 19.8. The maximum atomic E-state index is 11.6. The summed E-state index contributed by atoms with van der Waals surface area (Å²) in [6.07, 6.45) is 6.65. The van der Waals surface area contributed by atoms with E-state index in [2.05, 4.69) is 10.6 Å². The largest absolute Gasteiger partial charge is 0.490 e. The van der Waals surface area contributed by atoms with E-state index in [0.717, 1.165) is 29.8 Å². The van der Waals surface area contributed by atoms with E-state index >= 15 is 0 Å². The maximum absolute atomic E-state index is 11.6. The Morgan fingerprint density at radius 1 is 1.26 bits per heavy atom. The van der Waals surface area contributed by atoms with E-state index in [1.807, 2.05) is 18.2 Å². The van der Waals surface area contributed by atoms with Gasteiger partial charge in [-0.25, -0.2) is 0 Å². The average Bonchev–Trinajstić information content (AvgIpc) is 2.98. The molecule has 1 aromatic rings. The van der Waals surface area contributed by atoms with E-state index in [1.54, 1.807) is 0 Å². The molecule has 23 heavy (non-hydrogen) atoms. The van der Waals surface area contributed by atoms with Gasteiger partial charge in [-0.05, 0) is 37.8 Å². The first-order valence-electron chi connectivity index (χ1n) is 8.68. The first-order chi connectivity index (χ1) is 11.2. The molecule has 1 aromatic carbocycles. The van der Waals surface area contributed by atoms with Crippen LogP contribution >= 0.6 is 0 Å². The van der Waals surface area contributed by atoms with E-state index < -0.39 is 6.10 Å². The van der Waals surface area contributed by atoms with Crippen molar-refractivity contribution in [1.82, 2.24) is 5.32 Å². The number of aliphatic hydroxyl groups excluding tert-OH is 1. The molecule has 5 heteroatoms. The quantitative estimate of drug-likeness (QED) is 0.752. The molecule has 1 unspecified atom stereocenters. The van der Waals surface area contributed by atoms with Crippen LogP contribution in [0.25, 0.3) is 0 Å². The summed E-state index contributed by atoms with van der Waals surface area (Å²) < 4.78 is 5.83. The number of nitrogens with one attached hydrogen (secondary N) is 2. The Morgan fingerprint density at radius 3 is 2.91 bits per heavy atom. The second kappa shape index (κ2) is 7.79. The van der Waals surface area contributed by atoms with Gasteiger partial charge in [0.25, 0.3) is 0 Å². The predicted octanol–water partition coefficient (Wildman–Crippen LogP) is 2.23. The molecule has 0 saturated heterocycles. The zero-order chi connectivity index (χ0) is 16.1. The molecule has 3 rings (SSSR count). The van der Waals surface area contributed by atoms with E-state index in [0.29, 0.717) is 19.0 Å². The lowest BCUT2D eigenvalue weighted by molar-refractivity contribution is -0.116. The third kappa shape index (κ3) is 4.45. The number of carbonyl (C=O) groups is 1. The van der Waals surface area contributed by atoms with Crippen LogP contribution in [0.5, 0.6) is 5.75 Å². The lowest BCUT2D eigenvalue weighted by Crippen LogP contribution is -2.36. The maximum Gasteiger partial charge on any atom is 0.224 e. The highest BCUT2D eigenvalue weighted by molar-refractivity contribution is 5.92. The van der Waals surface area contributed by atoms with Gasteiger partial charge in [0.1, 0.15) is 18.5 Å². The Balaban J connectivity index is 1.53. The molecule has 1 aliphatic carbocycles. The number of amides is 1. The molecule has 0 aromatic heterocycles. The number of hydrogen-bond donors (Lipinski definition) is 3. The molecule has 1 atom stereocenters. The topological polar surface area (TPSA) is 70.6 Å². The van der Waals surface area contributed by atoms with Crippen LogP contribution in [0.3, 0.4) is 0 Å². The molecular weight excluding hydrogens is 292 g/mol. The van der Waals surface area contributed by atoms with Crippen molar-refractivity contribution in [3.63, 3.8) is 0 Å². The van der Waals surface area contributed by atoms with Crippen molar-refractivity contribution >= 4 is 11.6 Å². The van der Waals surface area contributed by atoms with Gasteiger partial charge in [-0.1, -0.05) is 18.9 Å². The number of aliphatic hydroxyl groups is 1. The zero-order valence-corrected chi connectivity index (χ0v) is 13.5. The van der Waals surface area contributed by atoms with E-state index in [4.69, 9.17) is 4.74 Å². The van der Waals surface area contributed by atoms with Crippen molar-refractivity contribution < 1.29 is 14.6 Å². The number of carbonyl (C=O) groups excluding carboxylic acids is 1. The van der Waals surface area contributed by atoms with Gasteiger partial charge in [0, 0.05) is 30.3 Å². The SMILES string of the molecule is O=C1CCCc2c(cccc2OCC(O)CNC2CCCC2)N1. The number of benzene rings is 1. The van der Waals surface area contributed by atoms with Crippen molar-refractivity contribution in [2.75, 3.05) is 18.5 Å². The van der Waals surface area contributed by atoms with E-state index in [-0.39, 0.29) is 12.5 Å². The number of fused-ring (bicyclic) bond motifs is 1. The number of hydrogen-bond acceptors (Lipinski definition) is 4. The summed E-state index contributed by atoms with van der Waals surface area (Å²) >= 11 is 0. The minimum absolute atomic E-state index is 0.0571. The molecule has 1 fully saturated rings. The fourth-order valence-corrected chi connectivity index (χ4v) is 3.39. The highest BCUT2D eigenvalue weighted by atomic mass is 16.5. The lowest BCUT2D eigenvalue weighted by Gasteiger charge is -2.18. The molecule has 2 aliphatic rings. The van der Waals surface area contributed by atoms with Gasteiger partial charge in [0.05, 0.1) is 0 Å². The van der Waals surface area contributed by atoms with Crippen LogP contribution in [0.15, 0.2) is 18.2 Å². The molecule has 3 N–H and O–H groups in total. The van der Waals surface area contributed by atoms with Crippen LogP contribution in [0, 0.1) is 0 Å². The summed E-state index contributed by atoms with van der Waals surface area (Å²) in [5.74, 6) is 0.825. The second-order valence-electron chi connectivity index (χ2n) is 6.54. The summed E-state index contributed by atoms with van der Waals surface area (Å²) in [5.41, 5.74) is 1.87. The Labute approximate surface area is 137 Å². The third-order valence-electron chi connectivity index (χ3n) is 4.67. The summed E-state index contributed by atoms with van der Waals surface area (Å²) in [6.45, 7) is 0.834. The first kappa shape index (κ1) is 16.3. The van der Waals surface area contributed by atoms with Crippen LogP contribution in [-0.4, -0.2) is 36.3 Å². The minimum atomic E-state index is -0.521. The van der Waals surface area contributed by atoms with Gasteiger partial charge in [0.15, 0.2) is 0 Å². The van der Waals surface area contributed by atoms with Gasteiger partial charge >= 0.3 is 0 Å². The molecule has 1 aliphatic heterocycles. The number of rotatable bonds is 6. The summed E-state index contributed by atoms with van der Waals surface area (Å²) in [5, 5.41) is 16.4. The fraction of sp³-hybridized carbons (Fsp3) is 0.611. The molecule has 0 bridgehead atoms. The van der Waals surface area contributed by atoms with Crippen molar-refractivity contribution in [2.24, 2.45) is 0 Å². The minimum Gasteiger partial charge on any atom is -0.490 e. The molecular formula is C18H26N2O3.